The summed E-state index contributed by atoms with van der Waals surface area (Å²) in [5, 5.41) is 2.94. The summed E-state index contributed by atoms with van der Waals surface area (Å²) in [5.74, 6) is -1.77. The molecule has 4 heterocycles. The molecule has 3 fully saturated rings. The molecule has 12 heteroatoms. The van der Waals surface area contributed by atoms with E-state index in [9.17, 15) is 19.2 Å². The van der Waals surface area contributed by atoms with Crippen LogP contribution in [0.25, 0.3) is 0 Å². The lowest BCUT2D eigenvalue weighted by atomic mass is 10.1. The van der Waals surface area contributed by atoms with Crippen LogP contribution in [0.5, 0.6) is 0 Å². The van der Waals surface area contributed by atoms with Gasteiger partial charge < -0.3 is 19.9 Å². The molecule has 11 nitrogen and oxygen atoms in total. The van der Waals surface area contributed by atoms with E-state index in [-0.39, 0.29) is 18.4 Å². The predicted molar refractivity (Wildman–Crippen MR) is 192 cm³/mol. The zero-order valence-electron chi connectivity index (χ0n) is 27.3. The van der Waals surface area contributed by atoms with Gasteiger partial charge >= 0.3 is 0 Å². The van der Waals surface area contributed by atoms with Crippen molar-refractivity contribution < 1.29 is 23.9 Å². The number of amidine groups is 1. The average Bonchev–Trinajstić information content (AvgIpc) is 3.78. The molecular weight excluding hydrogens is 653 g/mol. The number of pyridine rings is 1. The lowest BCUT2D eigenvalue weighted by Crippen LogP contribution is -2.46. The number of aromatic nitrogens is 1. The Morgan fingerprint density at radius 2 is 1.62 bits per heavy atom. The van der Waals surface area contributed by atoms with Crippen LogP contribution in [0, 0.1) is 0 Å². The van der Waals surface area contributed by atoms with Gasteiger partial charge in [0, 0.05) is 42.8 Å². The molecular formula is C38H36N6O5S. The molecule has 0 bridgehead atoms. The summed E-state index contributed by atoms with van der Waals surface area (Å²) < 4.78 is 5.48. The smallest absolute Gasteiger partial charge is 0.295 e. The van der Waals surface area contributed by atoms with E-state index in [0.717, 1.165) is 35.7 Å². The van der Waals surface area contributed by atoms with Gasteiger partial charge in [0.2, 0.25) is 17.6 Å². The summed E-state index contributed by atoms with van der Waals surface area (Å²) in [5.41, 5.74) is 4.19. The molecule has 0 spiro atoms. The number of carbonyl (C=O) groups excluding carboxylic acids is 4. The van der Waals surface area contributed by atoms with Crippen molar-refractivity contribution in [2.24, 2.45) is 4.99 Å². The molecule has 0 saturated carbocycles. The van der Waals surface area contributed by atoms with Gasteiger partial charge in [0.1, 0.15) is 11.3 Å². The number of benzene rings is 3. The van der Waals surface area contributed by atoms with Crippen molar-refractivity contribution in [1.29, 1.82) is 0 Å². The first kappa shape index (κ1) is 33.2. The van der Waals surface area contributed by atoms with Crippen molar-refractivity contribution in [2.75, 3.05) is 43.1 Å². The highest BCUT2D eigenvalue weighted by Gasteiger charge is 2.40. The molecule has 1 aromatic heterocycles. The number of nitrogens with one attached hydrogen (secondary N) is 1. The molecule has 2 atom stereocenters. The van der Waals surface area contributed by atoms with Crippen molar-refractivity contribution >= 4 is 57.5 Å². The molecule has 7 rings (SSSR count). The van der Waals surface area contributed by atoms with Crippen molar-refractivity contribution in [3.63, 3.8) is 0 Å². The Labute approximate surface area is 294 Å². The Bertz CT molecular complexity index is 1880. The second kappa shape index (κ2) is 15.1. The number of hydrogen-bond acceptors (Lipinski definition) is 9. The maximum absolute atomic E-state index is 13.9. The van der Waals surface area contributed by atoms with E-state index in [4.69, 9.17) is 9.73 Å². The predicted octanol–water partition coefficient (Wildman–Crippen LogP) is 5.24. The number of rotatable bonds is 9. The normalized spacial score (nSPS) is 20.0. The third kappa shape index (κ3) is 7.31. The van der Waals surface area contributed by atoms with Gasteiger partial charge in [-0.25, -0.2) is 4.99 Å². The number of ether oxygens (including phenoxy) is 1. The van der Waals surface area contributed by atoms with Crippen LogP contribution in [0.15, 0.2) is 108 Å². The molecule has 1 N–H and O–H groups in total. The summed E-state index contributed by atoms with van der Waals surface area (Å²) in [6.45, 7) is 3.72. The van der Waals surface area contributed by atoms with Gasteiger partial charge in [-0.2, -0.15) is 0 Å². The third-order valence-corrected chi connectivity index (χ3v) is 10.2. The molecule has 0 aliphatic carbocycles. The number of Topliss-reactive ketones (excluding diaryl/α,β-unsaturated/α-hetero) is 1. The highest BCUT2D eigenvalue weighted by molar-refractivity contribution is 8.15. The Hall–Kier alpha value is -5.33. The standard InChI is InChI=1S/C38H36N6O5S/c45-33(26-7-2-1-3-8-26)36(47)43-20-6-10-32(43)35(46)40-28-13-11-27(12-14-28)34-37(48)44(25-30-9-4-5-19-39-30)38(50-34)41-29-15-17-31(18-16-29)42-21-23-49-24-22-42/h1-5,7-9,11-19,32,34H,6,10,20-25H2,(H,40,46)/t32-,34?/m1/s1. The Balaban J connectivity index is 1.05. The monoisotopic (exact) mass is 688 g/mol. The Morgan fingerprint density at radius 3 is 2.34 bits per heavy atom. The zero-order chi connectivity index (χ0) is 34.5. The fraction of sp³-hybridized carbons (Fsp3) is 0.263. The van der Waals surface area contributed by atoms with E-state index in [1.807, 2.05) is 54.6 Å². The third-order valence-electron chi connectivity index (χ3n) is 8.97. The van der Waals surface area contributed by atoms with Crippen molar-refractivity contribution in [1.82, 2.24) is 14.8 Å². The van der Waals surface area contributed by atoms with Gasteiger partial charge in [0.25, 0.3) is 5.91 Å². The largest absolute Gasteiger partial charge is 0.378 e. The van der Waals surface area contributed by atoms with Crippen LogP contribution in [0.3, 0.4) is 0 Å². The van der Waals surface area contributed by atoms with Crippen LogP contribution in [0.1, 0.15) is 39.7 Å². The van der Waals surface area contributed by atoms with E-state index in [2.05, 4.69) is 15.2 Å². The first-order valence-electron chi connectivity index (χ1n) is 16.7. The van der Waals surface area contributed by atoms with E-state index < -0.39 is 23.0 Å². The minimum atomic E-state index is -0.747. The minimum Gasteiger partial charge on any atom is -0.378 e. The van der Waals surface area contributed by atoms with E-state index in [1.165, 1.54) is 16.7 Å². The Morgan fingerprint density at radius 1 is 0.880 bits per heavy atom. The second-order valence-electron chi connectivity index (χ2n) is 12.2. The molecule has 4 aromatic rings. The van der Waals surface area contributed by atoms with Gasteiger partial charge in [0.15, 0.2) is 5.17 Å². The SMILES string of the molecule is O=C(C(=O)N1CCC[C@@H]1C(=O)Nc1ccc(C2SC(=Nc3ccc(N4CCOCC4)cc3)N(Cc3ccccn3)C2=O)cc1)c1ccccc1. The maximum Gasteiger partial charge on any atom is 0.295 e. The van der Waals surface area contributed by atoms with E-state index in [1.54, 1.807) is 53.6 Å². The molecule has 1 unspecified atom stereocenters. The quantitative estimate of drug-likeness (QED) is 0.187. The number of nitrogens with zero attached hydrogens (tertiary/aromatic N) is 5. The maximum atomic E-state index is 13.9. The van der Waals surface area contributed by atoms with Gasteiger partial charge in [-0.05, 0) is 66.9 Å². The number of anilines is 2. The fourth-order valence-corrected chi connectivity index (χ4v) is 7.49. The van der Waals surface area contributed by atoms with E-state index in [0.29, 0.717) is 49.0 Å². The van der Waals surface area contributed by atoms with Gasteiger partial charge in [-0.1, -0.05) is 60.3 Å². The number of amides is 3. The van der Waals surface area contributed by atoms with Crippen LogP contribution in [-0.2, 0) is 25.7 Å². The number of hydrogen-bond donors (Lipinski definition) is 1. The zero-order valence-corrected chi connectivity index (χ0v) is 28.1. The first-order chi connectivity index (χ1) is 24.4. The fourth-order valence-electron chi connectivity index (χ4n) is 6.31. The number of carbonyl (C=O) groups is 4. The topological polar surface area (TPSA) is 125 Å². The first-order valence-corrected chi connectivity index (χ1v) is 17.5. The summed E-state index contributed by atoms with van der Waals surface area (Å²) >= 11 is 1.38. The molecule has 3 aliphatic heterocycles. The number of ketones is 1. The number of thioether (sulfide) groups is 1. The minimum absolute atomic E-state index is 0.107. The van der Waals surface area contributed by atoms with Crippen molar-refractivity contribution in [2.45, 2.75) is 30.7 Å². The molecule has 3 aliphatic rings. The van der Waals surface area contributed by atoms with Crippen LogP contribution in [0.4, 0.5) is 17.1 Å². The summed E-state index contributed by atoms with van der Waals surface area (Å²) in [6.07, 6.45) is 2.80. The highest BCUT2D eigenvalue weighted by Crippen LogP contribution is 2.41. The lowest BCUT2D eigenvalue weighted by molar-refractivity contribution is -0.132. The van der Waals surface area contributed by atoms with Crippen LogP contribution in [-0.4, -0.2) is 82.3 Å². The molecule has 3 saturated heterocycles. The lowest BCUT2D eigenvalue weighted by Gasteiger charge is -2.28. The molecule has 3 aromatic carbocycles. The molecule has 0 radical (unpaired) electrons. The second-order valence-corrected chi connectivity index (χ2v) is 13.3. The summed E-state index contributed by atoms with van der Waals surface area (Å²) in [7, 11) is 0. The number of morpholine rings is 1. The average molecular weight is 689 g/mol. The molecule has 254 valence electrons. The van der Waals surface area contributed by atoms with Crippen LogP contribution < -0.4 is 10.2 Å². The van der Waals surface area contributed by atoms with Gasteiger partial charge in [-0.15, -0.1) is 0 Å². The van der Waals surface area contributed by atoms with Crippen molar-refractivity contribution in [3.05, 3.63) is 120 Å². The van der Waals surface area contributed by atoms with Gasteiger partial charge in [0.05, 0.1) is 31.1 Å². The van der Waals surface area contributed by atoms with Gasteiger partial charge in [-0.3, -0.25) is 29.1 Å². The van der Waals surface area contributed by atoms with E-state index >= 15 is 0 Å². The van der Waals surface area contributed by atoms with Crippen LogP contribution in [0.2, 0.25) is 0 Å². The number of likely N-dealkylation sites (tertiary alicyclic amines) is 1. The highest BCUT2D eigenvalue weighted by atomic mass is 32.2. The summed E-state index contributed by atoms with van der Waals surface area (Å²) in [6, 6.07) is 28.4. The molecule has 3 amide bonds. The van der Waals surface area contributed by atoms with Crippen molar-refractivity contribution in [3.8, 4) is 0 Å². The number of aliphatic imine (C=N–C) groups is 1. The Kier molecular flexibility index (Phi) is 9.99. The summed E-state index contributed by atoms with van der Waals surface area (Å²) in [4.78, 5) is 67.7. The molecule has 50 heavy (non-hydrogen) atoms. The van der Waals surface area contributed by atoms with Crippen LogP contribution >= 0.6 is 11.8 Å².